The van der Waals surface area contributed by atoms with Crippen LogP contribution in [0.1, 0.15) is 30.6 Å². The number of carbonyl (C=O) groups is 3. The van der Waals surface area contributed by atoms with Crippen molar-refractivity contribution in [2.24, 2.45) is 5.92 Å². The number of hydrogen-bond donors (Lipinski definition) is 2. The van der Waals surface area contributed by atoms with Gasteiger partial charge in [-0.3, -0.25) is 14.4 Å². The molecule has 1 aromatic carbocycles. The van der Waals surface area contributed by atoms with Gasteiger partial charge in [-0.15, -0.1) is 0 Å². The molecule has 3 rings (SSSR count). The van der Waals surface area contributed by atoms with Gasteiger partial charge >= 0.3 is 0 Å². The Morgan fingerprint density at radius 2 is 2.06 bits per heavy atom. The largest absolute Gasteiger partial charge is 0.491 e. The third-order valence-electron chi connectivity index (χ3n) is 6.27. The molecule has 35 heavy (non-hydrogen) atoms. The summed E-state index contributed by atoms with van der Waals surface area (Å²) in [5, 5.41) is 6.29. The van der Waals surface area contributed by atoms with Crippen LogP contribution in [0, 0.1) is 5.92 Å². The van der Waals surface area contributed by atoms with Crippen molar-refractivity contribution in [2.45, 2.75) is 38.4 Å². The van der Waals surface area contributed by atoms with Crippen LogP contribution in [0.25, 0.3) is 0 Å². The lowest BCUT2D eigenvalue weighted by Gasteiger charge is -2.29. The fourth-order valence-corrected chi connectivity index (χ4v) is 4.29. The highest BCUT2D eigenvalue weighted by Gasteiger charge is 2.36. The van der Waals surface area contributed by atoms with Crippen molar-refractivity contribution >= 4 is 17.7 Å². The summed E-state index contributed by atoms with van der Waals surface area (Å²) < 4.78 is 16.7. The van der Waals surface area contributed by atoms with E-state index in [1.807, 2.05) is 0 Å². The number of methoxy groups -OCH3 is 1. The van der Waals surface area contributed by atoms with E-state index >= 15 is 0 Å². The molecule has 194 valence electrons. The second kappa shape index (κ2) is 12.9. The normalized spacial score (nSPS) is 23.6. The molecule has 1 fully saturated rings. The minimum absolute atomic E-state index is 0.101. The maximum Gasteiger partial charge on any atom is 0.254 e. The number of carbonyl (C=O) groups excluding carboxylic acids is 3. The monoisotopic (exact) mass is 490 g/mol. The number of benzene rings is 1. The summed E-state index contributed by atoms with van der Waals surface area (Å²) in [7, 11) is 3.09. The third kappa shape index (κ3) is 7.39. The second-order valence-corrected chi connectivity index (χ2v) is 9.50. The highest BCUT2D eigenvalue weighted by molar-refractivity contribution is 5.97. The van der Waals surface area contributed by atoms with Gasteiger partial charge in [-0.1, -0.05) is 19.9 Å². The molecule has 0 aromatic heterocycles. The summed E-state index contributed by atoms with van der Waals surface area (Å²) in [6.07, 6.45) is 0.768. The quantitative estimate of drug-likeness (QED) is 0.536. The van der Waals surface area contributed by atoms with Crippen molar-refractivity contribution in [3.63, 3.8) is 0 Å². The van der Waals surface area contributed by atoms with Gasteiger partial charge in [0.15, 0.2) is 0 Å². The van der Waals surface area contributed by atoms with E-state index < -0.39 is 6.04 Å². The van der Waals surface area contributed by atoms with Crippen LogP contribution in [0.15, 0.2) is 24.3 Å². The van der Waals surface area contributed by atoms with Crippen LogP contribution in [0.2, 0.25) is 0 Å². The SMILES string of the molecule is COCCNC(=O)[C@@H]1COCC(=O)N2C[C@@H](NCC(C)C)C[C@H]2COc2cccc(c2)C(=O)N1C. The van der Waals surface area contributed by atoms with Crippen LogP contribution in [0.5, 0.6) is 5.75 Å². The maximum atomic E-state index is 13.2. The first kappa shape index (κ1) is 26.9. The van der Waals surface area contributed by atoms with Gasteiger partial charge in [0.25, 0.3) is 5.91 Å². The van der Waals surface area contributed by atoms with E-state index in [-0.39, 0.29) is 43.0 Å². The average Bonchev–Trinajstić information content (AvgIpc) is 3.26. The van der Waals surface area contributed by atoms with Crippen LogP contribution >= 0.6 is 0 Å². The molecule has 2 bridgehead atoms. The van der Waals surface area contributed by atoms with E-state index in [2.05, 4.69) is 24.5 Å². The number of nitrogens with zero attached hydrogens (tertiary/aromatic N) is 2. The van der Waals surface area contributed by atoms with E-state index in [4.69, 9.17) is 14.2 Å². The molecule has 2 aliphatic rings. The molecular formula is C25H38N4O6. The highest BCUT2D eigenvalue weighted by Crippen LogP contribution is 2.22. The van der Waals surface area contributed by atoms with E-state index in [0.29, 0.717) is 43.5 Å². The lowest BCUT2D eigenvalue weighted by Crippen LogP contribution is -2.51. The van der Waals surface area contributed by atoms with Crippen molar-refractivity contribution in [3.05, 3.63) is 29.8 Å². The van der Waals surface area contributed by atoms with Gasteiger partial charge < -0.3 is 34.6 Å². The predicted octanol–water partition coefficient (Wildman–Crippen LogP) is 0.514. The lowest BCUT2D eigenvalue weighted by molar-refractivity contribution is -0.140. The zero-order valence-electron chi connectivity index (χ0n) is 21.1. The number of hydrogen-bond acceptors (Lipinski definition) is 7. The standard InChI is InChI=1S/C25H38N4O6/c1-17(2)12-27-19-11-20-14-35-21-7-5-6-18(10-21)25(32)28(3)22(24(31)26-8-9-33-4)15-34-16-23(30)29(20)13-19/h5-7,10,17,19-20,22,27H,8-9,11-16H2,1-4H3,(H,26,31)/t19-,20-,22-/m0/s1. The van der Waals surface area contributed by atoms with Crippen molar-refractivity contribution < 1.29 is 28.6 Å². The van der Waals surface area contributed by atoms with Gasteiger partial charge in [0.1, 0.15) is 25.0 Å². The van der Waals surface area contributed by atoms with Gasteiger partial charge in [0.05, 0.1) is 19.3 Å². The topological polar surface area (TPSA) is 109 Å². The summed E-state index contributed by atoms with van der Waals surface area (Å²) in [6.45, 7) is 6.42. The molecule has 2 heterocycles. The van der Waals surface area contributed by atoms with Crippen molar-refractivity contribution in [1.29, 1.82) is 0 Å². The van der Waals surface area contributed by atoms with Crippen molar-refractivity contribution in [2.75, 3.05) is 60.2 Å². The number of ether oxygens (including phenoxy) is 3. The Morgan fingerprint density at radius 3 is 2.80 bits per heavy atom. The van der Waals surface area contributed by atoms with Crippen molar-refractivity contribution in [3.8, 4) is 5.75 Å². The smallest absolute Gasteiger partial charge is 0.254 e. The molecule has 3 amide bonds. The summed E-state index contributed by atoms with van der Waals surface area (Å²) >= 11 is 0. The van der Waals surface area contributed by atoms with Crippen LogP contribution < -0.4 is 15.4 Å². The van der Waals surface area contributed by atoms with Gasteiger partial charge in [0.2, 0.25) is 11.8 Å². The minimum atomic E-state index is -0.908. The van der Waals surface area contributed by atoms with E-state index in [9.17, 15) is 14.4 Å². The first-order valence-corrected chi connectivity index (χ1v) is 12.2. The summed E-state index contributed by atoms with van der Waals surface area (Å²) in [6, 6.07) is 6.04. The highest BCUT2D eigenvalue weighted by atomic mass is 16.5. The summed E-state index contributed by atoms with van der Waals surface area (Å²) in [5.41, 5.74) is 0.410. The summed E-state index contributed by atoms with van der Waals surface area (Å²) in [5.74, 6) is 0.177. The number of rotatable bonds is 7. The molecule has 0 unspecified atom stereocenters. The number of likely N-dealkylation sites (N-methyl/N-ethyl adjacent to an activating group) is 1. The molecule has 0 saturated carbocycles. The minimum Gasteiger partial charge on any atom is -0.491 e. The molecule has 10 heteroatoms. The Hall–Kier alpha value is -2.69. The van der Waals surface area contributed by atoms with E-state index in [0.717, 1.165) is 13.0 Å². The Kier molecular flexibility index (Phi) is 9.88. The van der Waals surface area contributed by atoms with Crippen LogP contribution in [-0.4, -0.2) is 106 Å². The Morgan fingerprint density at radius 1 is 1.26 bits per heavy atom. The number of fused-ring (bicyclic) bond motifs is 3. The van der Waals surface area contributed by atoms with Gasteiger partial charge in [-0.05, 0) is 37.1 Å². The zero-order chi connectivity index (χ0) is 25.4. The second-order valence-electron chi connectivity index (χ2n) is 9.50. The molecule has 0 spiro atoms. The van der Waals surface area contributed by atoms with Crippen LogP contribution in [0.3, 0.4) is 0 Å². The van der Waals surface area contributed by atoms with Crippen LogP contribution in [0.4, 0.5) is 0 Å². The van der Waals surface area contributed by atoms with Gasteiger partial charge in [0, 0.05) is 38.9 Å². The predicted molar refractivity (Wildman–Crippen MR) is 130 cm³/mol. The van der Waals surface area contributed by atoms with E-state index in [1.54, 1.807) is 43.3 Å². The fraction of sp³-hybridized carbons (Fsp3) is 0.640. The molecule has 2 N–H and O–H groups in total. The molecule has 0 aliphatic carbocycles. The molecule has 0 radical (unpaired) electrons. The van der Waals surface area contributed by atoms with Crippen LogP contribution in [-0.2, 0) is 19.1 Å². The molecule has 2 aliphatic heterocycles. The first-order chi connectivity index (χ1) is 16.8. The Bertz CT molecular complexity index is 879. The Balaban J connectivity index is 1.81. The number of nitrogens with one attached hydrogen (secondary N) is 2. The Labute approximate surface area is 207 Å². The zero-order valence-corrected chi connectivity index (χ0v) is 21.1. The molecular weight excluding hydrogens is 452 g/mol. The van der Waals surface area contributed by atoms with Gasteiger partial charge in [-0.2, -0.15) is 0 Å². The summed E-state index contributed by atoms with van der Waals surface area (Å²) in [4.78, 5) is 42.2. The number of amides is 3. The van der Waals surface area contributed by atoms with E-state index in [1.165, 1.54) is 4.90 Å². The first-order valence-electron chi connectivity index (χ1n) is 12.2. The van der Waals surface area contributed by atoms with Gasteiger partial charge in [-0.25, -0.2) is 0 Å². The lowest BCUT2D eigenvalue weighted by atomic mass is 10.1. The molecule has 3 atom stereocenters. The molecule has 1 saturated heterocycles. The van der Waals surface area contributed by atoms with Crippen molar-refractivity contribution in [1.82, 2.24) is 20.4 Å². The maximum absolute atomic E-state index is 13.2. The average molecular weight is 491 g/mol. The molecule has 10 nitrogen and oxygen atoms in total. The fourth-order valence-electron chi connectivity index (χ4n) is 4.29. The third-order valence-corrected chi connectivity index (χ3v) is 6.27. The molecule has 1 aromatic rings.